The number of hydrogen-bond donors (Lipinski definition) is 0. The summed E-state index contributed by atoms with van der Waals surface area (Å²) in [6.07, 6.45) is 2.61. The lowest BCUT2D eigenvalue weighted by Gasteiger charge is -2.13. The maximum atomic E-state index is 12.7. The molecule has 0 heterocycles. The molecule has 29 heavy (non-hydrogen) atoms. The zero-order valence-corrected chi connectivity index (χ0v) is 17.4. The van der Waals surface area contributed by atoms with Crippen LogP contribution in [-0.4, -0.2) is 33.9 Å². The van der Waals surface area contributed by atoms with E-state index < -0.39 is 16.1 Å². The second kappa shape index (κ2) is 9.38. The summed E-state index contributed by atoms with van der Waals surface area (Å²) >= 11 is 0. The Morgan fingerprint density at radius 3 is 2.41 bits per heavy atom. The third-order valence-electron chi connectivity index (χ3n) is 3.83. The molecular weight excluding hydrogens is 396 g/mol. The van der Waals surface area contributed by atoms with E-state index in [0.29, 0.717) is 11.1 Å². The van der Waals surface area contributed by atoms with Gasteiger partial charge < -0.3 is 13.7 Å². The molecule has 2 aromatic carbocycles. The summed E-state index contributed by atoms with van der Waals surface area (Å²) in [5.74, 6) is -0.736. The maximum Gasteiger partial charge on any atom is 0.339 e. The van der Waals surface area contributed by atoms with Crippen molar-refractivity contribution in [1.82, 2.24) is 0 Å². The van der Waals surface area contributed by atoms with E-state index in [1.54, 1.807) is 32.0 Å². The molecule has 0 amide bonds. The lowest BCUT2D eigenvalue weighted by atomic mass is 10.2. The summed E-state index contributed by atoms with van der Waals surface area (Å²) in [6, 6.07) is 9.58. The van der Waals surface area contributed by atoms with E-state index in [9.17, 15) is 18.0 Å². The molecule has 154 valence electrons. The van der Waals surface area contributed by atoms with Crippen molar-refractivity contribution >= 4 is 27.9 Å². The molecule has 0 aliphatic heterocycles. The fourth-order valence-electron chi connectivity index (χ4n) is 2.38. The highest BCUT2D eigenvalue weighted by atomic mass is 32.2. The first-order valence-electron chi connectivity index (χ1n) is 8.66. The van der Waals surface area contributed by atoms with Crippen LogP contribution in [0.1, 0.15) is 23.6 Å². The number of ether oxygens (including phenoxy) is 2. The number of hydrogen-bond acceptors (Lipinski definition) is 7. The van der Waals surface area contributed by atoms with Crippen molar-refractivity contribution in [3.63, 3.8) is 0 Å². The second-order valence-corrected chi connectivity index (χ2v) is 7.87. The van der Waals surface area contributed by atoms with Gasteiger partial charge in [0.15, 0.2) is 17.3 Å². The van der Waals surface area contributed by atoms with Gasteiger partial charge in [-0.05, 0) is 61.7 Å². The van der Waals surface area contributed by atoms with E-state index >= 15 is 0 Å². The van der Waals surface area contributed by atoms with E-state index in [1.165, 1.54) is 32.2 Å². The predicted octanol–water partition coefficient (Wildman–Crippen LogP) is 3.23. The SMILES string of the molecule is COc1cc(/C=C/C(=O)OCC(C)=O)ccc1OS(=O)(=O)c1cc(C)ccc1C. The number of rotatable bonds is 8. The first kappa shape index (κ1) is 22.2. The van der Waals surface area contributed by atoms with Crippen LogP contribution >= 0.6 is 0 Å². The average molecular weight is 418 g/mol. The summed E-state index contributed by atoms with van der Waals surface area (Å²) in [6.45, 7) is 4.50. The van der Waals surface area contributed by atoms with Crippen LogP contribution in [0, 0.1) is 13.8 Å². The van der Waals surface area contributed by atoms with Gasteiger partial charge in [0, 0.05) is 6.08 Å². The Morgan fingerprint density at radius 2 is 1.76 bits per heavy atom. The fraction of sp³-hybridized carbons (Fsp3) is 0.238. The van der Waals surface area contributed by atoms with Crippen LogP contribution in [0.4, 0.5) is 0 Å². The number of ketones is 1. The topological polar surface area (TPSA) is 96.0 Å². The van der Waals surface area contributed by atoms with Crippen LogP contribution in [0.3, 0.4) is 0 Å². The number of Topliss-reactive ketones (excluding diaryl/α,β-unsaturated/α-hetero) is 1. The van der Waals surface area contributed by atoms with Crippen molar-refractivity contribution in [1.29, 1.82) is 0 Å². The van der Waals surface area contributed by atoms with Crippen LogP contribution in [0.2, 0.25) is 0 Å². The molecule has 0 N–H and O–H groups in total. The Morgan fingerprint density at radius 1 is 1.03 bits per heavy atom. The van der Waals surface area contributed by atoms with Gasteiger partial charge in [-0.3, -0.25) is 4.79 Å². The van der Waals surface area contributed by atoms with Gasteiger partial charge in [-0.2, -0.15) is 8.42 Å². The number of carbonyl (C=O) groups excluding carboxylic acids is 2. The molecule has 0 saturated heterocycles. The zero-order chi connectivity index (χ0) is 21.6. The predicted molar refractivity (Wildman–Crippen MR) is 107 cm³/mol. The third kappa shape index (κ3) is 6.18. The zero-order valence-electron chi connectivity index (χ0n) is 16.6. The Kier molecular flexibility index (Phi) is 7.17. The molecule has 2 rings (SSSR count). The van der Waals surface area contributed by atoms with Gasteiger partial charge in [0.1, 0.15) is 11.5 Å². The second-order valence-electron chi connectivity index (χ2n) is 6.36. The van der Waals surface area contributed by atoms with Crippen LogP contribution in [-0.2, 0) is 24.4 Å². The van der Waals surface area contributed by atoms with Gasteiger partial charge >= 0.3 is 16.1 Å². The lowest BCUT2D eigenvalue weighted by molar-refractivity contribution is -0.142. The Balaban J connectivity index is 2.23. The maximum absolute atomic E-state index is 12.7. The normalized spacial score (nSPS) is 11.3. The largest absolute Gasteiger partial charge is 0.493 e. The molecular formula is C21H22O7S. The molecule has 0 bridgehead atoms. The number of methoxy groups -OCH3 is 1. The van der Waals surface area contributed by atoms with Gasteiger partial charge in [-0.1, -0.05) is 18.2 Å². The van der Waals surface area contributed by atoms with Gasteiger partial charge in [-0.25, -0.2) is 4.79 Å². The van der Waals surface area contributed by atoms with Crippen molar-refractivity contribution in [2.24, 2.45) is 0 Å². The standard InChI is InChI=1S/C21H22O7S/c1-14-5-6-15(2)20(11-14)29(24,25)28-18-9-7-17(12-19(18)26-4)8-10-21(23)27-13-16(3)22/h5-12H,13H2,1-4H3/b10-8+. The molecule has 8 heteroatoms. The molecule has 0 unspecified atom stereocenters. The summed E-state index contributed by atoms with van der Waals surface area (Å²) in [5, 5.41) is 0. The minimum atomic E-state index is -4.06. The summed E-state index contributed by atoms with van der Waals surface area (Å²) in [7, 11) is -2.68. The van der Waals surface area contributed by atoms with Crippen molar-refractivity contribution in [2.45, 2.75) is 25.7 Å². The van der Waals surface area contributed by atoms with Gasteiger partial charge in [0.25, 0.3) is 0 Å². The molecule has 7 nitrogen and oxygen atoms in total. The highest BCUT2D eigenvalue weighted by Gasteiger charge is 2.21. The highest BCUT2D eigenvalue weighted by molar-refractivity contribution is 7.87. The van der Waals surface area contributed by atoms with Crippen molar-refractivity contribution in [2.75, 3.05) is 13.7 Å². The Labute approximate surface area is 170 Å². The van der Waals surface area contributed by atoms with Crippen molar-refractivity contribution in [3.8, 4) is 11.5 Å². The molecule has 0 radical (unpaired) electrons. The number of aryl methyl sites for hydroxylation is 2. The molecule has 0 spiro atoms. The molecule has 2 aromatic rings. The Bertz CT molecular complexity index is 1050. The monoisotopic (exact) mass is 418 g/mol. The molecule has 0 aliphatic rings. The van der Waals surface area contributed by atoms with Crippen LogP contribution in [0.5, 0.6) is 11.5 Å². The van der Waals surface area contributed by atoms with Crippen LogP contribution in [0.25, 0.3) is 6.08 Å². The fourth-order valence-corrected chi connectivity index (χ4v) is 3.64. The van der Waals surface area contributed by atoms with E-state index in [0.717, 1.165) is 11.6 Å². The first-order valence-corrected chi connectivity index (χ1v) is 10.1. The third-order valence-corrected chi connectivity index (χ3v) is 5.21. The molecule has 0 atom stereocenters. The van der Waals surface area contributed by atoms with Crippen molar-refractivity contribution in [3.05, 3.63) is 59.2 Å². The van der Waals surface area contributed by atoms with E-state index in [1.807, 2.05) is 6.07 Å². The molecule has 0 fully saturated rings. The van der Waals surface area contributed by atoms with Crippen molar-refractivity contribution < 1.29 is 31.7 Å². The molecule has 0 saturated carbocycles. The highest BCUT2D eigenvalue weighted by Crippen LogP contribution is 2.32. The van der Waals surface area contributed by atoms with Crippen LogP contribution in [0.15, 0.2) is 47.4 Å². The first-order chi connectivity index (χ1) is 13.6. The summed E-state index contributed by atoms with van der Waals surface area (Å²) in [5.41, 5.74) is 1.91. The van der Waals surface area contributed by atoms with E-state index in [2.05, 4.69) is 0 Å². The Hall–Kier alpha value is -3.13. The number of esters is 1. The lowest BCUT2D eigenvalue weighted by Crippen LogP contribution is -2.12. The molecule has 0 aliphatic carbocycles. The number of benzene rings is 2. The summed E-state index contributed by atoms with van der Waals surface area (Å²) < 4.78 is 40.6. The molecule has 0 aromatic heterocycles. The van der Waals surface area contributed by atoms with E-state index in [4.69, 9.17) is 13.7 Å². The van der Waals surface area contributed by atoms with Gasteiger partial charge in [0.2, 0.25) is 0 Å². The summed E-state index contributed by atoms with van der Waals surface area (Å²) in [4.78, 5) is 22.4. The van der Waals surface area contributed by atoms with Gasteiger partial charge in [-0.15, -0.1) is 0 Å². The quantitative estimate of drug-likeness (QED) is 0.369. The van der Waals surface area contributed by atoms with Gasteiger partial charge in [0.05, 0.1) is 7.11 Å². The smallest absolute Gasteiger partial charge is 0.339 e. The van der Waals surface area contributed by atoms with Crippen LogP contribution < -0.4 is 8.92 Å². The number of carbonyl (C=O) groups is 2. The minimum absolute atomic E-state index is 0.0183. The van der Waals surface area contributed by atoms with E-state index in [-0.39, 0.29) is 28.8 Å². The average Bonchev–Trinajstić information content (AvgIpc) is 2.67. The minimum Gasteiger partial charge on any atom is -0.493 e.